The molecule has 0 aliphatic carbocycles. The summed E-state index contributed by atoms with van der Waals surface area (Å²) in [4.78, 5) is 10.5. The molecule has 2 N–H and O–H groups in total. The second-order valence-corrected chi connectivity index (χ2v) is 5.99. The van der Waals surface area contributed by atoms with Crippen LogP contribution in [0.2, 0.25) is 0 Å². The smallest absolute Gasteiger partial charge is 0.305 e. The van der Waals surface area contributed by atoms with Crippen molar-refractivity contribution in [3.8, 4) is 6.07 Å². The van der Waals surface area contributed by atoms with Crippen LogP contribution in [-0.4, -0.2) is 30.3 Å². The molecule has 0 spiro atoms. The molecule has 1 atom stereocenters. The lowest BCUT2D eigenvalue weighted by Gasteiger charge is -2.25. The Morgan fingerprint density at radius 2 is 2.06 bits per heavy atom. The lowest BCUT2D eigenvalue weighted by molar-refractivity contribution is -0.138. The van der Waals surface area contributed by atoms with Gasteiger partial charge in [-0.25, -0.2) is 13.1 Å². The van der Waals surface area contributed by atoms with Crippen molar-refractivity contribution in [2.75, 3.05) is 0 Å². The fourth-order valence-electron chi connectivity index (χ4n) is 1.25. The molecule has 0 fully saturated rings. The molecule has 0 aromatic carbocycles. The zero-order valence-corrected chi connectivity index (χ0v) is 10.3. The molecule has 0 aromatic rings. The van der Waals surface area contributed by atoms with Crippen LogP contribution >= 0.6 is 0 Å². The van der Waals surface area contributed by atoms with Crippen LogP contribution in [0.4, 0.5) is 0 Å². The van der Waals surface area contributed by atoms with Gasteiger partial charge in [-0.15, -0.1) is 0 Å². The van der Waals surface area contributed by atoms with Gasteiger partial charge in [0.1, 0.15) is 0 Å². The van der Waals surface area contributed by atoms with Crippen LogP contribution in [0.5, 0.6) is 0 Å². The molecule has 7 heteroatoms. The highest BCUT2D eigenvalue weighted by Gasteiger charge is 2.32. The van der Waals surface area contributed by atoms with Crippen LogP contribution in [0, 0.1) is 11.3 Å². The first-order valence-electron chi connectivity index (χ1n) is 4.79. The van der Waals surface area contributed by atoms with Crippen molar-refractivity contribution in [3.05, 3.63) is 0 Å². The van der Waals surface area contributed by atoms with Crippen molar-refractivity contribution in [2.45, 2.75) is 44.4 Å². The highest BCUT2D eigenvalue weighted by Crippen LogP contribution is 2.13. The van der Waals surface area contributed by atoms with E-state index in [4.69, 9.17) is 10.4 Å². The number of carboxylic acids is 1. The Morgan fingerprint density at radius 3 is 2.38 bits per heavy atom. The fraction of sp³-hybridized carbons (Fsp3) is 0.778. The van der Waals surface area contributed by atoms with Gasteiger partial charge in [0.25, 0.3) is 0 Å². The normalized spacial score (nSPS) is 14.1. The largest absolute Gasteiger partial charge is 0.481 e. The predicted molar refractivity (Wildman–Crippen MR) is 58.1 cm³/mol. The van der Waals surface area contributed by atoms with E-state index < -0.39 is 26.8 Å². The molecule has 0 aliphatic rings. The van der Waals surface area contributed by atoms with Crippen molar-refractivity contribution >= 4 is 16.0 Å². The lowest BCUT2D eigenvalue weighted by atomic mass is 10.0. The predicted octanol–water partition coefficient (Wildman–Crippen LogP) is 0.461. The van der Waals surface area contributed by atoms with Gasteiger partial charge < -0.3 is 5.11 Å². The number of nitrogens with zero attached hydrogens (tertiary/aromatic N) is 1. The molecule has 1 unspecified atom stereocenters. The second-order valence-electron chi connectivity index (χ2n) is 4.13. The Kier molecular flexibility index (Phi) is 4.90. The van der Waals surface area contributed by atoms with Crippen molar-refractivity contribution in [1.29, 1.82) is 5.26 Å². The zero-order valence-electron chi connectivity index (χ0n) is 9.52. The van der Waals surface area contributed by atoms with E-state index in [1.807, 2.05) is 0 Å². The highest BCUT2D eigenvalue weighted by atomic mass is 32.2. The fourth-order valence-corrected chi connectivity index (χ4v) is 2.81. The Balaban J connectivity index is 4.84. The molecule has 0 radical (unpaired) electrons. The van der Waals surface area contributed by atoms with Crippen LogP contribution in [-0.2, 0) is 14.8 Å². The molecule has 6 nitrogen and oxygen atoms in total. The first kappa shape index (κ1) is 14.9. The average Bonchev–Trinajstić information content (AvgIpc) is 1.99. The molecule has 16 heavy (non-hydrogen) atoms. The number of hydrogen-bond donors (Lipinski definition) is 2. The van der Waals surface area contributed by atoms with Crippen LogP contribution in [0.15, 0.2) is 0 Å². The summed E-state index contributed by atoms with van der Waals surface area (Å²) in [6.45, 7) is 4.50. The molecule has 0 saturated heterocycles. The summed E-state index contributed by atoms with van der Waals surface area (Å²) < 4.78 is 25.6. The van der Waals surface area contributed by atoms with E-state index in [1.165, 1.54) is 13.8 Å². The minimum atomic E-state index is -3.80. The van der Waals surface area contributed by atoms with Gasteiger partial charge in [0, 0.05) is 5.54 Å². The topological polar surface area (TPSA) is 107 Å². The molecule has 0 aromatic heterocycles. The average molecular weight is 248 g/mol. The Bertz CT molecular complexity index is 394. The number of nitrogens with one attached hydrogen (secondary N) is 1. The minimum Gasteiger partial charge on any atom is -0.481 e. The quantitative estimate of drug-likeness (QED) is 0.710. The van der Waals surface area contributed by atoms with Crippen LogP contribution < -0.4 is 4.72 Å². The van der Waals surface area contributed by atoms with Gasteiger partial charge >= 0.3 is 5.97 Å². The minimum absolute atomic E-state index is 0.162. The van der Waals surface area contributed by atoms with Gasteiger partial charge in [0.15, 0.2) is 5.25 Å². The van der Waals surface area contributed by atoms with Crippen LogP contribution in [0.25, 0.3) is 0 Å². The first-order valence-corrected chi connectivity index (χ1v) is 6.33. The van der Waals surface area contributed by atoms with E-state index in [1.54, 1.807) is 13.0 Å². The van der Waals surface area contributed by atoms with Crippen molar-refractivity contribution < 1.29 is 18.3 Å². The molecular weight excluding hydrogens is 232 g/mol. The van der Waals surface area contributed by atoms with Crippen molar-refractivity contribution in [2.24, 2.45) is 0 Å². The standard InChI is InChI=1S/C9H16N2O4S/c1-4-7(6-10)16(14,15)11-9(2,3)5-8(12)13/h7,11H,4-5H2,1-3H3,(H,12,13). The molecule has 0 rings (SSSR count). The maximum atomic E-state index is 11.7. The summed E-state index contributed by atoms with van der Waals surface area (Å²) in [5, 5.41) is 16.1. The number of hydrogen-bond acceptors (Lipinski definition) is 4. The number of rotatable bonds is 6. The lowest BCUT2D eigenvalue weighted by Crippen LogP contribution is -2.48. The summed E-state index contributed by atoms with van der Waals surface area (Å²) in [6, 6.07) is 1.67. The van der Waals surface area contributed by atoms with E-state index in [2.05, 4.69) is 4.72 Å². The van der Waals surface area contributed by atoms with E-state index in [-0.39, 0.29) is 12.8 Å². The number of carbonyl (C=O) groups is 1. The van der Waals surface area contributed by atoms with Crippen molar-refractivity contribution in [3.63, 3.8) is 0 Å². The summed E-state index contributed by atoms with van der Waals surface area (Å²) in [6.07, 6.45) is -0.178. The Hall–Kier alpha value is -1.13. The molecule has 0 bridgehead atoms. The van der Waals surface area contributed by atoms with Gasteiger partial charge in [-0.1, -0.05) is 6.92 Å². The molecule has 0 aliphatic heterocycles. The van der Waals surface area contributed by atoms with E-state index in [9.17, 15) is 13.2 Å². The Morgan fingerprint density at radius 1 is 1.56 bits per heavy atom. The van der Waals surface area contributed by atoms with Crippen LogP contribution in [0.3, 0.4) is 0 Å². The molecule has 92 valence electrons. The summed E-state index contributed by atoms with van der Waals surface area (Å²) in [7, 11) is -3.80. The Labute approximate surface area is 95.3 Å². The van der Waals surface area contributed by atoms with Gasteiger partial charge in [-0.2, -0.15) is 5.26 Å². The maximum Gasteiger partial charge on any atom is 0.305 e. The zero-order chi connectivity index (χ0) is 13.0. The number of carboxylic acid groups (broad SMARTS) is 1. The molecule has 0 heterocycles. The third-order valence-electron chi connectivity index (χ3n) is 1.90. The van der Waals surface area contributed by atoms with Gasteiger partial charge in [0.2, 0.25) is 10.0 Å². The highest BCUT2D eigenvalue weighted by molar-refractivity contribution is 7.90. The third-order valence-corrected chi connectivity index (χ3v) is 3.93. The van der Waals surface area contributed by atoms with Crippen molar-refractivity contribution in [1.82, 2.24) is 4.72 Å². The second kappa shape index (κ2) is 5.27. The van der Waals surface area contributed by atoms with E-state index in [0.717, 1.165) is 0 Å². The SMILES string of the molecule is CCC(C#N)S(=O)(=O)NC(C)(C)CC(=O)O. The summed E-state index contributed by atoms with van der Waals surface area (Å²) >= 11 is 0. The van der Waals surface area contributed by atoms with Gasteiger partial charge in [-0.05, 0) is 20.3 Å². The summed E-state index contributed by atoms with van der Waals surface area (Å²) in [5.74, 6) is -1.10. The number of sulfonamides is 1. The van der Waals surface area contributed by atoms with Gasteiger partial charge in [0.05, 0.1) is 12.5 Å². The molecule has 0 amide bonds. The van der Waals surface area contributed by atoms with E-state index in [0.29, 0.717) is 0 Å². The monoisotopic (exact) mass is 248 g/mol. The van der Waals surface area contributed by atoms with Crippen LogP contribution in [0.1, 0.15) is 33.6 Å². The maximum absolute atomic E-state index is 11.7. The van der Waals surface area contributed by atoms with Gasteiger partial charge in [-0.3, -0.25) is 4.79 Å². The summed E-state index contributed by atoms with van der Waals surface area (Å²) in [5.41, 5.74) is -1.10. The number of aliphatic carboxylic acids is 1. The van der Waals surface area contributed by atoms with E-state index >= 15 is 0 Å². The molecular formula is C9H16N2O4S. The third kappa shape index (κ3) is 4.59. The molecule has 0 saturated carbocycles. The first-order chi connectivity index (χ1) is 7.14. The number of nitriles is 1.